The van der Waals surface area contributed by atoms with E-state index in [1.54, 1.807) is 25.0 Å². The second kappa shape index (κ2) is 6.18. The fourth-order valence-corrected chi connectivity index (χ4v) is 1.75. The first kappa shape index (κ1) is 14.0. The van der Waals surface area contributed by atoms with Gasteiger partial charge in [-0.15, -0.1) is 0 Å². The van der Waals surface area contributed by atoms with Crippen LogP contribution in [-0.4, -0.2) is 30.3 Å². The second-order valence-electron chi connectivity index (χ2n) is 4.85. The minimum atomic E-state index is -0.371. The molecule has 0 N–H and O–H groups in total. The van der Waals surface area contributed by atoms with Crippen molar-refractivity contribution >= 4 is 11.9 Å². The Hall–Kier alpha value is -2.37. The number of nitrogens with zero attached hydrogens (tertiary/aromatic N) is 4. The summed E-state index contributed by atoms with van der Waals surface area (Å²) >= 11 is 0. The van der Waals surface area contributed by atoms with Crippen LogP contribution in [0.2, 0.25) is 0 Å². The molecule has 0 saturated carbocycles. The molecule has 0 unspecified atom stereocenters. The van der Waals surface area contributed by atoms with Crippen LogP contribution >= 0.6 is 0 Å². The zero-order valence-corrected chi connectivity index (χ0v) is 11.9. The first-order valence-corrected chi connectivity index (χ1v) is 6.41. The molecule has 0 spiro atoms. The van der Waals surface area contributed by atoms with Crippen LogP contribution in [-0.2, 0) is 6.42 Å². The molecule has 1 atom stereocenters. The number of rotatable bonds is 4. The van der Waals surface area contributed by atoms with Crippen molar-refractivity contribution in [3.8, 4) is 0 Å². The minimum absolute atomic E-state index is 0.125. The predicted molar refractivity (Wildman–Crippen MR) is 72.3 cm³/mol. The third kappa shape index (κ3) is 3.57. The van der Waals surface area contributed by atoms with Gasteiger partial charge in [0.1, 0.15) is 0 Å². The van der Waals surface area contributed by atoms with Gasteiger partial charge in [0.15, 0.2) is 6.04 Å². The first-order valence-electron chi connectivity index (χ1n) is 6.41. The van der Waals surface area contributed by atoms with E-state index < -0.39 is 0 Å². The highest BCUT2D eigenvalue weighted by molar-refractivity contribution is 5.70. The number of aromatic nitrogens is 2. The van der Waals surface area contributed by atoms with Gasteiger partial charge in [-0.3, -0.25) is 4.52 Å². The van der Waals surface area contributed by atoms with Crippen LogP contribution in [0.15, 0.2) is 46.0 Å². The maximum Gasteiger partial charge on any atom is 0.322 e. The van der Waals surface area contributed by atoms with Gasteiger partial charge in [0.2, 0.25) is 5.27 Å². The third-order valence-corrected chi connectivity index (χ3v) is 2.89. The van der Waals surface area contributed by atoms with Crippen molar-refractivity contribution in [1.29, 1.82) is 0 Å². The van der Waals surface area contributed by atoms with E-state index in [1.165, 1.54) is 10.5 Å². The third-order valence-electron chi connectivity index (χ3n) is 2.89. The lowest BCUT2D eigenvalue weighted by Crippen LogP contribution is -2.40. The fraction of sp³-hybridized carbons (Fsp3) is 0.357. The van der Waals surface area contributed by atoms with Gasteiger partial charge < -0.3 is 10.0 Å². The van der Waals surface area contributed by atoms with Gasteiger partial charge in [-0.1, -0.05) is 30.3 Å². The van der Waals surface area contributed by atoms with Gasteiger partial charge in [0.05, 0.1) is 6.02 Å². The normalized spacial score (nSPS) is 13.2. The Bertz CT molecular complexity index is 578. The van der Waals surface area contributed by atoms with Crippen molar-refractivity contribution in [2.45, 2.75) is 19.4 Å². The molecule has 0 aliphatic carbocycles. The number of hydrogen-bond acceptors (Lipinski definition) is 4. The van der Waals surface area contributed by atoms with Crippen LogP contribution in [0.4, 0.5) is 5.88 Å². The summed E-state index contributed by atoms with van der Waals surface area (Å²) in [6.07, 6.45) is 2.47. The van der Waals surface area contributed by atoms with Gasteiger partial charge in [-0.05, 0) is 10.2 Å². The predicted octanol–water partition coefficient (Wildman–Crippen LogP) is 0.675. The van der Waals surface area contributed by atoms with Crippen molar-refractivity contribution in [1.82, 2.24) is 10.2 Å². The summed E-state index contributed by atoms with van der Waals surface area (Å²) in [4.78, 5) is 5.18. The molecular formula is C14H18N4O2. The summed E-state index contributed by atoms with van der Waals surface area (Å²) in [5, 5.41) is 15.3. The number of amidine groups is 1. The van der Waals surface area contributed by atoms with E-state index in [1.807, 2.05) is 25.1 Å². The Morgan fingerprint density at radius 3 is 2.75 bits per heavy atom. The van der Waals surface area contributed by atoms with Gasteiger partial charge in [0.25, 0.3) is 6.20 Å². The molecule has 1 aromatic heterocycles. The van der Waals surface area contributed by atoms with Crippen LogP contribution in [0.25, 0.3) is 0 Å². The highest BCUT2D eigenvalue weighted by atomic mass is 16.5. The van der Waals surface area contributed by atoms with E-state index >= 15 is 0 Å². The number of benzene rings is 1. The molecule has 106 valence electrons. The fourth-order valence-electron chi connectivity index (χ4n) is 1.75. The quantitative estimate of drug-likeness (QED) is 0.467. The molecule has 20 heavy (non-hydrogen) atoms. The van der Waals surface area contributed by atoms with Crippen molar-refractivity contribution in [3.05, 3.63) is 42.1 Å². The highest BCUT2D eigenvalue weighted by Gasteiger charge is 2.19. The molecule has 2 rings (SSSR count). The number of hydrogen-bond donors (Lipinski definition) is 0. The van der Waals surface area contributed by atoms with Crippen molar-refractivity contribution in [2.75, 3.05) is 14.1 Å². The summed E-state index contributed by atoms with van der Waals surface area (Å²) in [7, 11) is 3.27. The Labute approximate surface area is 117 Å². The van der Waals surface area contributed by atoms with Crippen molar-refractivity contribution in [2.24, 2.45) is 4.99 Å². The molecule has 0 amide bonds. The molecule has 2 aromatic rings. The van der Waals surface area contributed by atoms with Gasteiger partial charge in [-0.25, -0.2) is 4.99 Å². The Morgan fingerprint density at radius 1 is 1.40 bits per heavy atom. The van der Waals surface area contributed by atoms with Gasteiger partial charge in [-0.2, -0.15) is 0 Å². The van der Waals surface area contributed by atoms with E-state index in [2.05, 4.69) is 22.4 Å². The van der Waals surface area contributed by atoms with E-state index in [-0.39, 0.29) is 17.9 Å². The van der Waals surface area contributed by atoms with Crippen LogP contribution in [0.3, 0.4) is 0 Å². The molecule has 0 aliphatic heterocycles. The number of aliphatic imine (C=N–C) groups is 1. The molecule has 0 saturated heterocycles. The summed E-state index contributed by atoms with van der Waals surface area (Å²) in [5.74, 6) is 0.212. The van der Waals surface area contributed by atoms with Crippen LogP contribution < -0.4 is 9.79 Å². The van der Waals surface area contributed by atoms with Gasteiger partial charge >= 0.3 is 5.88 Å². The Balaban J connectivity index is 2.07. The van der Waals surface area contributed by atoms with Crippen molar-refractivity contribution in [3.63, 3.8) is 0 Å². The van der Waals surface area contributed by atoms with Gasteiger partial charge in [0, 0.05) is 27.4 Å². The molecule has 6 nitrogen and oxygen atoms in total. The lowest BCUT2D eigenvalue weighted by atomic mass is 10.1. The average molecular weight is 274 g/mol. The van der Waals surface area contributed by atoms with Crippen molar-refractivity contribution < 1.29 is 14.3 Å². The van der Waals surface area contributed by atoms with E-state index in [0.717, 1.165) is 6.42 Å². The molecule has 0 fully saturated rings. The molecule has 6 heteroatoms. The Kier molecular flexibility index (Phi) is 4.34. The largest absolute Gasteiger partial charge is 0.846 e. The Morgan fingerprint density at radius 2 is 2.10 bits per heavy atom. The summed E-state index contributed by atoms with van der Waals surface area (Å²) in [6, 6.07) is 9.89. The molecule has 1 aromatic carbocycles. The lowest BCUT2D eigenvalue weighted by Gasteiger charge is -2.17. The summed E-state index contributed by atoms with van der Waals surface area (Å²) < 4.78 is 6.72. The summed E-state index contributed by atoms with van der Waals surface area (Å²) in [5.41, 5.74) is 1.22. The van der Waals surface area contributed by atoms with Crippen LogP contribution in [0.1, 0.15) is 18.5 Å². The summed E-state index contributed by atoms with van der Waals surface area (Å²) in [6.45, 7) is 2.03. The molecular weight excluding hydrogens is 256 g/mol. The first-order chi connectivity index (χ1) is 9.56. The van der Waals surface area contributed by atoms with E-state index in [4.69, 9.17) is 4.52 Å². The SMILES string of the molecule is C[C@H](Cc1ccccc1)[n+]1cc(N=C([O-])N(C)C)on1. The second-order valence-corrected chi connectivity index (χ2v) is 4.85. The standard InChI is InChI=1S/C14H18N4O2/c1-11(9-12-7-5-4-6-8-12)18-10-13(20-16-18)15-14(19)17(2)3/h4-8,10-11H,9H2,1-3H3/t11-/m1/s1. The monoisotopic (exact) mass is 274 g/mol. The van der Waals surface area contributed by atoms with E-state index in [9.17, 15) is 5.11 Å². The zero-order valence-electron chi connectivity index (χ0n) is 11.9. The molecule has 0 bridgehead atoms. The van der Waals surface area contributed by atoms with Crippen LogP contribution in [0, 0.1) is 0 Å². The molecule has 1 heterocycles. The molecule has 0 aliphatic rings. The average Bonchev–Trinajstić information content (AvgIpc) is 2.88. The highest BCUT2D eigenvalue weighted by Crippen LogP contribution is 2.11. The zero-order chi connectivity index (χ0) is 14.5. The van der Waals surface area contributed by atoms with E-state index in [0.29, 0.717) is 0 Å². The maximum absolute atomic E-state index is 11.4. The maximum atomic E-state index is 11.4. The molecule has 0 radical (unpaired) electrons. The topological polar surface area (TPSA) is 68.6 Å². The smallest absolute Gasteiger partial charge is 0.322 e. The lowest BCUT2D eigenvalue weighted by molar-refractivity contribution is -0.782. The minimum Gasteiger partial charge on any atom is -0.846 e. The van der Waals surface area contributed by atoms with Crippen LogP contribution in [0.5, 0.6) is 0 Å².